The van der Waals surface area contributed by atoms with Gasteiger partial charge in [0.2, 0.25) is 11.5 Å². The third kappa shape index (κ3) is 4.96. The number of ether oxygens (including phenoxy) is 1. The van der Waals surface area contributed by atoms with E-state index < -0.39 is 46.3 Å². The smallest absolute Gasteiger partial charge is 0.300 e. The van der Waals surface area contributed by atoms with Gasteiger partial charge in [-0.1, -0.05) is 25.1 Å². The van der Waals surface area contributed by atoms with E-state index in [1.807, 2.05) is 0 Å². The first-order valence-corrected chi connectivity index (χ1v) is 11.5. The van der Waals surface area contributed by atoms with Crippen LogP contribution in [0.25, 0.3) is 5.65 Å². The lowest BCUT2D eigenvalue weighted by molar-refractivity contribution is -0.148. The monoisotopic (exact) mass is 496 g/mol. The van der Waals surface area contributed by atoms with Crippen molar-refractivity contribution in [1.82, 2.24) is 19.6 Å². The lowest BCUT2D eigenvalue weighted by Gasteiger charge is -2.27. The van der Waals surface area contributed by atoms with Crippen molar-refractivity contribution in [3.8, 4) is 5.75 Å². The summed E-state index contributed by atoms with van der Waals surface area (Å²) in [5.41, 5.74) is -0.536. The Morgan fingerprint density at radius 2 is 1.86 bits per heavy atom. The number of amides is 2. The molecule has 0 spiro atoms. The van der Waals surface area contributed by atoms with Crippen molar-refractivity contribution in [2.24, 2.45) is 0 Å². The summed E-state index contributed by atoms with van der Waals surface area (Å²) in [7, 11) is 0. The van der Waals surface area contributed by atoms with Gasteiger partial charge in [-0.25, -0.2) is 9.37 Å². The maximum atomic E-state index is 13.2. The molecule has 11 heteroatoms. The van der Waals surface area contributed by atoms with Crippen molar-refractivity contribution >= 4 is 23.2 Å². The van der Waals surface area contributed by atoms with E-state index in [0.29, 0.717) is 31.9 Å². The van der Waals surface area contributed by atoms with Gasteiger partial charge in [0.15, 0.2) is 5.69 Å². The highest BCUT2D eigenvalue weighted by atomic mass is 19.1. The van der Waals surface area contributed by atoms with Gasteiger partial charge in [-0.2, -0.15) is 0 Å². The largest absolute Gasteiger partial charge is 0.501 e. The summed E-state index contributed by atoms with van der Waals surface area (Å²) in [6, 6.07) is 8.53. The molecule has 0 radical (unpaired) electrons. The lowest BCUT2D eigenvalue weighted by Crippen LogP contribution is -2.45. The Morgan fingerprint density at radius 3 is 2.53 bits per heavy atom. The third-order valence-corrected chi connectivity index (χ3v) is 6.05. The number of Topliss-reactive ketones (excluding diaryl/α,β-unsaturated/α-hetero) is 1. The number of benzene rings is 1. The normalized spacial score (nSPS) is 14.4. The Kier molecular flexibility index (Phi) is 7.39. The van der Waals surface area contributed by atoms with Gasteiger partial charge >= 0.3 is 5.56 Å². The SMILES string of the molecule is CCC(C(=O)C(=O)N1CCOCC1)c1cccn2c(=O)c(O)c(C(=O)NCc3ccc(F)cc3)nc12. The number of nitrogens with one attached hydrogen (secondary N) is 1. The molecule has 1 fully saturated rings. The van der Waals surface area contributed by atoms with Gasteiger partial charge in [-0.05, 0) is 30.2 Å². The summed E-state index contributed by atoms with van der Waals surface area (Å²) in [5.74, 6) is -4.32. The molecule has 0 aliphatic carbocycles. The Hall–Kier alpha value is -4.12. The van der Waals surface area contributed by atoms with Crippen molar-refractivity contribution in [3.05, 3.63) is 75.6 Å². The van der Waals surface area contributed by atoms with Gasteiger partial charge in [0.1, 0.15) is 11.5 Å². The minimum absolute atomic E-state index is 0.00533. The Balaban J connectivity index is 1.68. The molecule has 1 saturated heterocycles. The van der Waals surface area contributed by atoms with E-state index in [-0.39, 0.29) is 24.2 Å². The summed E-state index contributed by atoms with van der Waals surface area (Å²) in [5, 5.41) is 13.0. The zero-order valence-corrected chi connectivity index (χ0v) is 19.6. The molecule has 1 aliphatic rings. The molecule has 3 aromatic rings. The first-order chi connectivity index (χ1) is 17.3. The number of halogens is 1. The minimum atomic E-state index is -0.914. The summed E-state index contributed by atoms with van der Waals surface area (Å²) >= 11 is 0. The van der Waals surface area contributed by atoms with Gasteiger partial charge in [0.05, 0.1) is 19.1 Å². The van der Waals surface area contributed by atoms with E-state index in [1.165, 1.54) is 41.4 Å². The number of morpholine rings is 1. The zero-order chi connectivity index (χ0) is 25.8. The zero-order valence-electron chi connectivity index (χ0n) is 19.6. The van der Waals surface area contributed by atoms with Crippen LogP contribution in [-0.2, 0) is 20.9 Å². The van der Waals surface area contributed by atoms with Crippen LogP contribution < -0.4 is 10.9 Å². The fourth-order valence-electron chi connectivity index (χ4n) is 4.09. The van der Waals surface area contributed by atoms with Crippen molar-refractivity contribution in [1.29, 1.82) is 0 Å². The molecular formula is C25H25FN4O6. The molecule has 1 unspecified atom stereocenters. The van der Waals surface area contributed by atoms with E-state index in [2.05, 4.69) is 10.3 Å². The number of carbonyl (C=O) groups excluding carboxylic acids is 3. The third-order valence-electron chi connectivity index (χ3n) is 6.05. The van der Waals surface area contributed by atoms with Gasteiger partial charge in [-0.3, -0.25) is 23.6 Å². The van der Waals surface area contributed by atoms with Crippen LogP contribution in [0.4, 0.5) is 4.39 Å². The maximum Gasteiger partial charge on any atom is 0.300 e. The van der Waals surface area contributed by atoms with E-state index >= 15 is 0 Å². The molecule has 10 nitrogen and oxygen atoms in total. The fraction of sp³-hybridized carbons (Fsp3) is 0.320. The van der Waals surface area contributed by atoms with Crippen LogP contribution in [0.3, 0.4) is 0 Å². The van der Waals surface area contributed by atoms with Crippen LogP contribution in [0.5, 0.6) is 5.75 Å². The average Bonchev–Trinajstić information content (AvgIpc) is 2.90. The predicted octanol–water partition coefficient (Wildman–Crippen LogP) is 1.39. The molecule has 188 valence electrons. The van der Waals surface area contributed by atoms with Crippen molar-refractivity contribution in [2.75, 3.05) is 26.3 Å². The Bertz CT molecular complexity index is 1370. The highest BCUT2D eigenvalue weighted by Crippen LogP contribution is 2.26. The first kappa shape index (κ1) is 25.0. The number of carbonyl (C=O) groups is 3. The van der Waals surface area contributed by atoms with Crippen molar-refractivity contribution < 1.29 is 28.6 Å². The molecule has 0 saturated carbocycles. The maximum absolute atomic E-state index is 13.2. The number of nitrogens with zero attached hydrogens (tertiary/aromatic N) is 3. The molecule has 2 N–H and O–H groups in total. The van der Waals surface area contributed by atoms with Crippen molar-refractivity contribution in [2.45, 2.75) is 25.8 Å². The molecule has 4 rings (SSSR count). The number of pyridine rings is 1. The lowest BCUT2D eigenvalue weighted by atomic mass is 9.92. The van der Waals surface area contributed by atoms with Gasteiger partial charge in [-0.15, -0.1) is 0 Å². The highest BCUT2D eigenvalue weighted by Gasteiger charge is 2.32. The molecule has 36 heavy (non-hydrogen) atoms. The second-order valence-electron chi connectivity index (χ2n) is 8.31. The highest BCUT2D eigenvalue weighted by molar-refractivity contribution is 6.38. The van der Waals surface area contributed by atoms with E-state index in [1.54, 1.807) is 13.0 Å². The molecular weight excluding hydrogens is 471 g/mol. The summed E-state index contributed by atoms with van der Waals surface area (Å²) < 4.78 is 19.4. The summed E-state index contributed by atoms with van der Waals surface area (Å²) in [6.45, 7) is 3.03. The molecule has 1 aromatic carbocycles. The number of fused-ring (bicyclic) bond motifs is 1. The van der Waals surface area contributed by atoms with Crippen LogP contribution in [0.2, 0.25) is 0 Å². The Labute approximate surface area is 205 Å². The van der Waals surface area contributed by atoms with E-state index in [4.69, 9.17) is 4.74 Å². The molecule has 1 aliphatic heterocycles. The predicted molar refractivity (Wildman–Crippen MR) is 126 cm³/mol. The van der Waals surface area contributed by atoms with Gasteiger partial charge in [0, 0.05) is 31.4 Å². The summed E-state index contributed by atoms with van der Waals surface area (Å²) in [4.78, 5) is 57.3. The summed E-state index contributed by atoms with van der Waals surface area (Å²) in [6.07, 6.45) is 1.60. The van der Waals surface area contributed by atoms with Crippen LogP contribution in [0, 0.1) is 5.82 Å². The number of aromatic hydroxyl groups is 1. The second kappa shape index (κ2) is 10.6. The number of ketones is 1. The van der Waals surface area contributed by atoms with E-state index in [0.717, 1.165) is 4.40 Å². The standard InChI is InChI=1S/C25H25FN4O6/c1-2-17(20(31)24(34)29-10-12-36-13-11-29)18-4-3-9-30-22(18)28-19(21(32)25(30)35)23(33)27-14-15-5-7-16(26)8-6-15/h3-9,17,32H,2,10-14H2,1H3,(H,27,33). The van der Waals surface area contributed by atoms with Crippen LogP contribution >= 0.6 is 0 Å². The van der Waals surface area contributed by atoms with E-state index in [9.17, 15) is 28.7 Å². The quantitative estimate of drug-likeness (QED) is 0.473. The average molecular weight is 496 g/mol. The molecule has 0 bridgehead atoms. The number of rotatable bonds is 7. The van der Waals surface area contributed by atoms with Crippen molar-refractivity contribution in [3.63, 3.8) is 0 Å². The first-order valence-electron chi connectivity index (χ1n) is 11.5. The Morgan fingerprint density at radius 1 is 1.17 bits per heavy atom. The number of hydrogen-bond acceptors (Lipinski definition) is 7. The molecule has 2 amide bonds. The number of aromatic nitrogens is 2. The topological polar surface area (TPSA) is 130 Å². The minimum Gasteiger partial charge on any atom is -0.501 e. The second-order valence-corrected chi connectivity index (χ2v) is 8.31. The van der Waals surface area contributed by atoms with Gasteiger partial charge in [0.25, 0.3) is 11.8 Å². The van der Waals surface area contributed by atoms with Gasteiger partial charge < -0.3 is 20.1 Å². The molecule has 1 atom stereocenters. The fourth-order valence-corrected chi connectivity index (χ4v) is 4.09. The van der Waals surface area contributed by atoms with Crippen LogP contribution in [0.1, 0.15) is 40.9 Å². The van der Waals surface area contributed by atoms with Crippen LogP contribution in [0.15, 0.2) is 47.4 Å². The number of hydrogen-bond donors (Lipinski definition) is 2. The molecule has 3 heterocycles. The molecule has 2 aromatic heterocycles. The van der Waals surface area contributed by atoms with Crippen LogP contribution in [-0.4, -0.2) is 63.3 Å².